The van der Waals surface area contributed by atoms with Gasteiger partial charge in [0.1, 0.15) is 17.3 Å². The Balaban J connectivity index is 0.00000261. The molecule has 0 aliphatic carbocycles. The van der Waals surface area contributed by atoms with E-state index in [0.29, 0.717) is 37.4 Å². The van der Waals surface area contributed by atoms with Gasteiger partial charge in [-0.05, 0) is 43.7 Å². The van der Waals surface area contributed by atoms with Gasteiger partial charge in [-0.2, -0.15) is 0 Å². The normalized spacial score (nSPS) is 17.3. The van der Waals surface area contributed by atoms with Crippen LogP contribution >= 0.6 is 12.4 Å². The number of nitrogens with two attached hydrogens (primary N) is 1. The lowest BCUT2D eigenvalue weighted by Gasteiger charge is -2.35. The number of amides is 1. The van der Waals surface area contributed by atoms with E-state index in [1.165, 1.54) is 6.07 Å². The van der Waals surface area contributed by atoms with Gasteiger partial charge in [0, 0.05) is 25.6 Å². The van der Waals surface area contributed by atoms with Crippen LogP contribution in [0.15, 0.2) is 40.8 Å². The highest BCUT2D eigenvalue weighted by molar-refractivity contribution is 5.85. The number of carbonyl (C=O) groups excluding carboxylic acids is 1. The molecule has 7 heteroatoms. The molecule has 0 saturated carbocycles. The fourth-order valence-electron chi connectivity index (χ4n) is 3.42. The molecular formula is C20H27ClFN3O2. The van der Waals surface area contributed by atoms with E-state index in [0.717, 1.165) is 31.6 Å². The van der Waals surface area contributed by atoms with Gasteiger partial charge in [0.2, 0.25) is 5.91 Å². The molecule has 1 saturated heterocycles. The number of hydrogen-bond donors (Lipinski definition) is 2. The lowest BCUT2D eigenvalue weighted by atomic mass is 10.0. The third-order valence-electron chi connectivity index (χ3n) is 4.82. The number of likely N-dealkylation sites (tertiary alicyclic amines) is 1. The zero-order valence-electron chi connectivity index (χ0n) is 15.3. The summed E-state index contributed by atoms with van der Waals surface area (Å²) in [6, 6.07) is 10.6. The van der Waals surface area contributed by atoms with Crippen LogP contribution in [-0.2, 0) is 11.3 Å². The zero-order chi connectivity index (χ0) is 18.4. The van der Waals surface area contributed by atoms with Crippen molar-refractivity contribution in [3.8, 4) is 11.3 Å². The SMILES string of the molecule is Cl.NCCC(=O)NCC1CCCCN1Cc1ccc(-c2ccccc2F)o1. The van der Waals surface area contributed by atoms with Gasteiger partial charge in [0.25, 0.3) is 0 Å². The van der Waals surface area contributed by atoms with Gasteiger partial charge in [-0.15, -0.1) is 12.4 Å². The van der Waals surface area contributed by atoms with Crippen LogP contribution < -0.4 is 11.1 Å². The number of piperidine rings is 1. The second kappa shape index (κ2) is 10.4. The Bertz CT molecular complexity index is 738. The topological polar surface area (TPSA) is 71.5 Å². The van der Waals surface area contributed by atoms with E-state index in [9.17, 15) is 9.18 Å². The van der Waals surface area contributed by atoms with Gasteiger partial charge in [0.15, 0.2) is 0 Å². The number of carbonyl (C=O) groups is 1. The lowest BCUT2D eigenvalue weighted by Crippen LogP contribution is -2.46. The third kappa shape index (κ3) is 5.79. The monoisotopic (exact) mass is 395 g/mol. The van der Waals surface area contributed by atoms with Crippen LogP contribution in [0.5, 0.6) is 0 Å². The summed E-state index contributed by atoms with van der Waals surface area (Å²) in [7, 11) is 0. The van der Waals surface area contributed by atoms with Gasteiger partial charge in [-0.1, -0.05) is 18.6 Å². The lowest BCUT2D eigenvalue weighted by molar-refractivity contribution is -0.121. The molecule has 2 aromatic rings. The van der Waals surface area contributed by atoms with Crippen LogP contribution in [0.1, 0.15) is 31.4 Å². The highest BCUT2D eigenvalue weighted by Crippen LogP contribution is 2.26. The van der Waals surface area contributed by atoms with Crippen molar-refractivity contribution in [1.82, 2.24) is 10.2 Å². The van der Waals surface area contributed by atoms with E-state index < -0.39 is 0 Å². The first-order valence-electron chi connectivity index (χ1n) is 9.22. The van der Waals surface area contributed by atoms with Gasteiger partial charge < -0.3 is 15.5 Å². The molecule has 1 fully saturated rings. The number of nitrogens with zero attached hydrogens (tertiary/aromatic N) is 1. The first-order chi connectivity index (χ1) is 12.7. The van der Waals surface area contributed by atoms with E-state index in [4.69, 9.17) is 10.2 Å². The number of rotatable bonds is 7. The molecule has 5 nitrogen and oxygen atoms in total. The minimum absolute atomic E-state index is 0. The Morgan fingerprint density at radius 3 is 2.85 bits per heavy atom. The average Bonchev–Trinajstić information content (AvgIpc) is 3.10. The van der Waals surface area contributed by atoms with Crippen LogP contribution in [0.25, 0.3) is 11.3 Å². The molecule has 3 N–H and O–H groups in total. The number of halogens is 2. The molecule has 2 heterocycles. The fourth-order valence-corrected chi connectivity index (χ4v) is 3.42. The van der Waals surface area contributed by atoms with Crippen molar-refractivity contribution in [3.05, 3.63) is 48.0 Å². The van der Waals surface area contributed by atoms with Crippen molar-refractivity contribution in [2.24, 2.45) is 5.73 Å². The molecule has 1 atom stereocenters. The van der Waals surface area contributed by atoms with Crippen LogP contribution in [-0.4, -0.2) is 36.5 Å². The molecular weight excluding hydrogens is 369 g/mol. The van der Waals surface area contributed by atoms with Gasteiger partial charge in [-0.25, -0.2) is 4.39 Å². The van der Waals surface area contributed by atoms with Gasteiger partial charge in [0.05, 0.1) is 12.1 Å². The summed E-state index contributed by atoms with van der Waals surface area (Å²) in [6.45, 7) is 2.62. The van der Waals surface area contributed by atoms with E-state index in [1.54, 1.807) is 18.2 Å². The number of furan rings is 1. The van der Waals surface area contributed by atoms with Crippen molar-refractivity contribution in [1.29, 1.82) is 0 Å². The summed E-state index contributed by atoms with van der Waals surface area (Å²) in [5.41, 5.74) is 5.89. The maximum atomic E-state index is 13.9. The minimum Gasteiger partial charge on any atom is -0.460 e. The maximum absolute atomic E-state index is 13.9. The van der Waals surface area contributed by atoms with Crippen molar-refractivity contribution in [3.63, 3.8) is 0 Å². The van der Waals surface area contributed by atoms with Crippen molar-refractivity contribution >= 4 is 18.3 Å². The van der Waals surface area contributed by atoms with E-state index in [2.05, 4.69) is 10.2 Å². The average molecular weight is 396 g/mol. The van der Waals surface area contributed by atoms with E-state index in [1.807, 2.05) is 12.1 Å². The smallest absolute Gasteiger partial charge is 0.221 e. The minimum atomic E-state index is -0.285. The summed E-state index contributed by atoms with van der Waals surface area (Å²) in [4.78, 5) is 14.0. The summed E-state index contributed by atoms with van der Waals surface area (Å²) >= 11 is 0. The molecule has 1 unspecified atom stereocenters. The summed E-state index contributed by atoms with van der Waals surface area (Å²) in [5.74, 6) is 1.07. The first kappa shape index (κ1) is 21.4. The number of hydrogen-bond acceptors (Lipinski definition) is 4. The molecule has 1 amide bonds. The Morgan fingerprint density at radius 1 is 1.26 bits per heavy atom. The molecule has 1 aromatic heterocycles. The van der Waals surface area contributed by atoms with Crippen molar-refractivity contribution in [2.45, 2.75) is 38.3 Å². The quantitative estimate of drug-likeness (QED) is 0.754. The summed E-state index contributed by atoms with van der Waals surface area (Å²) in [6.07, 6.45) is 3.70. The second-order valence-corrected chi connectivity index (χ2v) is 6.71. The Labute approximate surface area is 165 Å². The fraction of sp³-hybridized carbons (Fsp3) is 0.450. The molecule has 0 bridgehead atoms. The molecule has 1 aliphatic heterocycles. The Hall–Kier alpha value is -1.89. The van der Waals surface area contributed by atoms with Crippen LogP contribution in [0.3, 0.4) is 0 Å². The molecule has 1 aromatic carbocycles. The van der Waals surface area contributed by atoms with Crippen molar-refractivity contribution in [2.75, 3.05) is 19.6 Å². The van der Waals surface area contributed by atoms with E-state index >= 15 is 0 Å². The van der Waals surface area contributed by atoms with Gasteiger partial charge >= 0.3 is 0 Å². The Morgan fingerprint density at radius 2 is 2.07 bits per heavy atom. The predicted molar refractivity (Wildman–Crippen MR) is 106 cm³/mol. The van der Waals surface area contributed by atoms with E-state index in [-0.39, 0.29) is 30.2 Å². The van der Waals surface area contributed by atoms with Crippen molar-refractivity contribution < 1.29 is 13.6 Å². The maximum Gasteiger partial charge on any atom is 0.221 e. The largest absolute Gasteiger partial charge is 0.460 e. The van der Waals surface area contributed by atoms with Gasteiger partial charge in [-0.3, -0.25) is 9.69 Å². The highest BCUT2D eigenvalue weighted by Gasteiger charge is 2.24. The predicted octanol–water partition coefficient (Wildman–Crippen LogP) is 3.33. The van der Waals surface area contributed by atoms with Crippen LogP contribution in [0.2, 0.25) is 0 Å². The van der Waals surface area contributed by atoms with Crippen LogP contribution in [0, 0.1) is 5.82 Å². The highest BCUT2D eigenvalue weighted by atomic mass is 35.5. The first-order valence-corrected chi connectivity index (χ1v) is 9.22. The number of nitrogens with one attached hydrogen (secondary N) is 1. The number of benzene rings is 1. The standard InChI is InChI=1S/C20H26FN3O2.ClH/c21-18-7-2-1-6-17(18)19-9-8-16(26-19)14-24-12-4-3-5-15(24)13-23-20(25)10-11-22;/h1-2,6-9,15H,3-5,10-14,22H2,(H,23,25);1H. The Kier molecular flexibility index (Phi) is 8.28. The summed E-state index contributed by atoms with van der Waals surface area (Å²) in [5, 5.41) is 2.97. The molecule has 27 heavy (non-hydrogen) atoms. The molecule has 0 spiro atoms. The molecule has 0 radical (unpaired) electrons. The molecule has 148 valence electrons. The van der Waals surface area contributed by atoms with Crippen LogP contribution in [0.4, 0.5) is 4.39 Å². The molecule has 1 aliphatic rings. The third-order valence-corrected chi connectivity index (χ3v) is 4.82. The zero-order valence-corrected chi connectivity index (χ0v) is 16.1. The molecule has 3 rings (SSSR count). The second-order valence-electron chi connectivity index (χ2n) is 6.71. The summed E-state index contributed by atoms with van der Waals surface area (Å²) < 4.78 is 19.8.